The van der Waals surface area contributed by atoms with Crippen molar-refractivity contribution < 1.29 is 18.0 Å². The van der Waals surface area contributed by atoms with E-state index in [1.165, 1.54) is 18.2 Å². The molecule has 0 saturated carbocycles. The third-order valence-corrected chi connectivity index (χ3v) is 2.74. The minimum atomic E-state index is -0.636. The van der Waals surface area contributed by atoms with E-state index in [0.29, 0.717) is 0 Å². The minimum absolute atomic E-state index is 0.0126. The van der Waals surface area contributed by atoms with Gasteiger partial charge in [-0.05, 0) is 35.4 Å². The number of Topliss-reactive ketones (excluding diaryl/α,β-unsaturated/α-hetero) is 1. The Morgan fingerprint density at radius 2 is 1.47 bits per heavy atom. The lowest BCUT2D eigenvalue weighted by atomic mass is 10.0. The van der Waals surface area contributed by atoms with Crippen molar-refractivity contribution in [1.29, 1.82) is 0 Å². The largest absolute Gasteiger partial charge is 0.299 e. The number of carbonyl (C=O) groups is 1. The summed E-state index contributed by atoms with van der Waals surface area (Å²) in [6.45, 7) is 0. The van der Waals surface area contributed by atoms with Gasteiger partial charge in [0, 0.05) is 12.8 Å². The summed E-state index contributed by atoms with van der Waals surface area (Å²) in [4.78, 5) is 11.7. The third-order valence-electron chi connectivity index (χ3n) is 2.74. The molecule has 98 valence electrons. The predicted molar refractivity (Wildman–Crippen MR) is 65.2 cm³/mol. The molecule has 2 aromatic carbocycles. The topological polar surface area (TPSA) is 17.1 Å². The fourth-order valence-electron chi connectivity index (χ4n) is 1.81. The molecule has 0 aliphatic heterocycles. The molecule has 0 N–H and O–H groups in total. The van der Waals surface area contributed by atoms with E-state index >= 15 is 0 Å². The Morgan fingerprint density at radius 1 is 0.842 bits per heavy atom. The van der Waals surface area contributed by atoms with Crippen LogP contribution in [-0.4, -0.2) is 5.78 Å². The molecular weight excluding hydrogens is 253 g/mol. The Balaban J connectivity index is 2.10. The highest BCUT2D eigenvalue weighted by molar-refractivity contribution is 5.83. The summed E-state index contributed by atoms with van der Waals surface area (Å²) in [5.74, 6) is -2.08. The van der Waals surface area contributed by atoms with Gasteiger partial charge in [0.25, 0.3) is 0 Å². The monoisotopic (exact) mass is 264 g/mol. The van der Waals surface area contributed by atoms with Crippen LogP contribution in [0.15, 0.2) is 42.5 Å². The fourth-order valence-corrected chi connectivity index (χ4v) is 1.81. The second-order valence-corrected chi connectivity index (χ2v) is 4.22. The summed E-state index contributed by atoms with van der Waals surface area (Å²) >= 11 is 0. The Bertz CT molecular complexity index is 608. The molecule has 0 fully saturated rings. The quantitative estimate of drug-likeness (QED) is 0.826. The molecule has 0 aliphatic rings. The Kier molecular flexibility index (Phi) is 4.00. The minimum Gasteiger partial charge on any atom is -0.299 e. The number of rotatable bonds is 4. The first-order chi connectivity index (χ1) is 9.06. The van der Waals surface area contributed by atoms with Gasteiger partial charge in [0.05, 0.1) is 0 Å². The highest BCUT2D eigenvalue weighted by Crippen LogP contribution is 2.13. The molecule has 0 bridgehead atoms. The van der Waals surface area contributed by atoms with Gasteiger partial charge in [-0.1, -0.05) is 18.2 Å². The summed E-state index contributed by atoms with van der Waals surface area (Å²) in [6, 6.07) is 8.83. The van der Waals surface area contributed by atoms with E-state index in [1.54, 1.807) is 6.07 Å². The lowest BCUT2D eigenvalue weighted by Crippen LogP contribution is -2.09. The first-order valence-corrected chi connectivity index (χ1v) is 5.75. The van der Waals surface area contributed by atoms with Crippen LogP contribution in [0.3, 0.4) is 0 Å². The molecule has 0 unspecified atom stereocenters. The molecule has 0 aliphatic carbocycles. The smallest absolute Gasteiger partial charge is 0.141 e. The van der Waals surface area contributed by atoms with Gasteiger partial charge in [0.2, 0.25) is 0 Å². The molecule has 1 nitrogen and oxygen atoms in total. The van der Waals surface area contributed by atoms with Crippen LogP contribution in [-0.2, 0) is 17.6 Å². The van der Waals surface area contributed by atoms with Crippen molar-refractivity contribution >= 4 is 5.78 Å². The highest BCUT2D eigenvalue weighted by atomic mass is 19.1. The van der Waals surface area contributed by atoms with Crippen LogP contribution in [0.4, 0.5) is 13.2 Å². The second kappa shape index (κ2) is 5.69. The number of halogens is 3. The molecular formula is C15H11F3O. The van der Waals surface area contributed by atoms with E-state index in [0.717, 1.165) is 18.2 Å². The third kappa shape index (κ3) is 3.44. The zero-order valence-corrected chi connectivity index (χ0v) is 10.00. The Hall–Kier alpha value is -2.10. The summed E-state index contributed by atoms with van der Waals surface area (Å²) < 4.78 is 39.7. The van der Waals surface area contributed by atoms with E-state index in [4.69, 9.17) is 0 Å². The number of carbonyl (C=O) groups excluding carboxylic acids is 1. The zero-order valence-electron chi connectivity index (χ0n) is 10.00. The summed E-state index contributed by atoms with van der Waals surface area (Å²) in [6.07, 6.45) is -0.388. The van der Waals surface area contributed by atoms with E-state index in [9.17, 15) is 18.0 Å². The predicted octanol–water partition coefficient (Wildman–Crippen LogP) is 3.46. The van der Waals surface area contributed by atoms with Crippen LogP contribution < -0.4 is 0 Å². The van der Waals surface area contributed by atoms with E-state index in [2.05, 4.69) is 0 Å². The highest BCUT2D eigenvalue weighted by Gasteiger charge is 2.12. The van der Waals surface area contributed by atoms with Crippen molar-refractivity contribution in [3.05, 3.63) is 71.0 Å². The van der Waals surface area contributed by atoms with Gasteiger partial charge in [-0.15, -0.1) is 0 Å². The standard InChI is InChI=1S/C15H11F3O/c16-12-5-6-15(18)11(7-12)9-13(19)8-10-3-1-2-4-14(10)17/h1-7H,8-9H2. The fraction of sp³-hybridized carbons (Fsp3) is 0.133. The lowest BCUT2D eigenvalue weighted by molar-refractivity contribution is -0.117. The number of ketones is 1. The van der Waals surface area contributed by atoms with Crippen LogP contribution in [0, 0.1) is 17.5 Å². The van der Waals surface area contributed by atoms with Crippen molar-refractivity contribution in [2.24, 2.45) is 0 Å². The van der Waals surface area contributed by atoms with Crippen LogP contribution in [0.1, 0.15) is 11.1 Å². The van der Waals surface area contributed by atoms with E-state index in [1.807, 2.05) is 0 Å². The molecule has 19 heavy (non-hydrogen) atoms. The van der Waals surface area contributed by atoms with Gasteiger partial charge in [-0.25, -0.2) is 13.2 Å². The lowest BCUT2D eigenvalue weighted by Gasteiger charge is -2.04. The number of hydrogen-bond donors (Lipinski definition) is 0. The SMILES string of the molecule is O=C(Cc1ccccc1F)Cc1cc(F)ccc1F. The van der Waals surface area contributed by atoms with E-state index in [-0.39, 0.29) is 29.8 Å². The molecule has 4 heteroatoms. The Morgan fingerprint density at radius 3 is 2.21 bits per heavy atom. The van der Waals surface area contributed by atoms with Crippen molar-refractivity contribution in [2.45, 2.75) is 12.8 Å². The van der Waals surface area contributed by atoms with Gasteiger partial charge in [0.1, 0.15) is 23.2 Å². The summed E-state index contributed by atoms with van der Waals surface area (Å²) in [7, 11) is 0. The van der Waals surface area contributed by atoms with Crippen molar-refractivity contribution in [1.82, 2.24) is 0 Å². The maximum atomic E-state index is 13.4. The van der Waals surface area contributed by atoms with Gasteiger partial charge in [0.15, 0.2) is 0 Å². The molecule has 0 radical (unpaired) electrons. The van der Waals surface area contributed by atoms with Crippen molar-refractivity contribution in [2.75, 3.05) is 0 Å². The molecule has 0 aromatic heterocycles. The van der Waals surface area contributed by atoms with Crippen LogP contribution in [0.5, 0.6) is 0 Å². The molecule has 0 spiro atoms. The average Bonchev–Trinajstić information content (AvgIpc) is 2.37. The second-order valence-electron chi connectivity index (χ2n) is 4.22. The molecule has 0 atom stereocenters. The molecule has 0 saturated heterocycles. The van der Waals surface area contributed by atoms with Gasteiger partial charge < -0.3 is 0 Å². The van der Waals surface area contributed by atoms with Crippen LogP contribution in [0.25, 0.3) is 0 Å². The first kappa shape index (κ1) is 13.3. The first-order valence-electron chi connectivity index (χ1n) is 5.75. The zero-order chi connectivity index (χ0) is 13.8. The van der Waals surface area contributed by atoms with Gasteiger partial charge in [-0.3, -0.25) is 4.79 Å². The number of benzene rings is 2. The maximum absolute atomic E-state index is 13.4. The van der Waals surface area contributed by atoms with Gasteiger partial charge >= 0.3 is 0 Å². The molecule has 2 rings (SSSR count). The number of hydrogen-bond acceptors (Lipinski definition) is 1. The average molecular weight is 264 g/mol. The molecule has 0 amide bonds. The normalized spacial score (nSPS) is 10.5. The van der Waals surface area contributed by atoms with Crippen molar-refractivity contribution in [3.8, 4) is 0 Å². The van der Waals surface area contributed by atoms with E-state index < -0.39 is 17.5 Å². The maximum Gasteiger partial charge on any atom is 0.141 e. The molecule has 0 heterocycles. The summed E-state index contributed by atoms with van der Waals surface area (Å²) in [5, 5.41) is 0. The van der Waals surface area contributed by atoms with Crippen LogP contribution >= 0.6 is 0 Å². The van der Waals surface area contributed by atoms with Gasteiger partial charge in [-0.2, -0.15) is 0 Å². The Labute approximate surface area is 108 Å². The van der Waals surface area contributed by atoms with Crippen molar-refractivity contribution in [3.63, 3.8) is 0 Å². The van der Waals surface area contributed by atoms with Crippen LogP contribution in [0.2, 0.25) is 0 Å². The molecule has 2 aromatic rings. The summed E-state index contributed by atoms with van der Waals surface area (Å²) in [5.41, 5.74) is 0.241.